The van der Waals surface area contributed by atoms with E-state index < -0.39 is 0 Å². The average Bonchev–Trinajstić information content (AvgIpc) is 2.55. The maximum Gasteiger partial charge on any atom is 0.227 e. The van der Waals surface area contributed by atoms with Crippen LogP contribution in [0, 0.1) is 0 Å². The van der Waals surface area contributed by atoms with E-state index in [1.54, 1.807) is 0 Å². The van der Waals surface area contributed by atoms with E-state index in [1.165, 1.54) is 5.39 Å². The number of morpholine rings is 1. The topological polar surface area (TPSA) is 29.5 Å². The number of benzene rings is 2. The quantitative estimate of drug-likeness (QED) is 0.816. The molecule has 0 saturated carbocycles. The van der Waals surface area contributed by atoms with Crippen molar-refractivity contribution >= 4 is 28.3 Å². The molecule has 1 unspecified atom stereocenters. The number of hydrogen-bond donors (Lipinski definition) is 0. The molecule has 1 aliphatic rings. The molecule has 0 aliphatic carbocycles. The molecular formula is C17H18ClNO2. The van der Waals surface area contributed by atoms with Crippen LogP contribution >= 0.6 is 11.6 Å². The Balaban J connectivity index is 1.77. The SMILES string of the molecule is O=C(Cc1cccc2ccccc12)N1CCOC(CCl)C1. The summed E-state index contributed by atoms with van der Waals surface area (Å²) in [7, 11) is 0. The zero-order chi connectivity index (χ0) is 14.7. The Morgan fingerprint density at radius 1 is 1.24 bits per heavy atom. The van der Waals surface area contributed by atoms with Gasteiger partial charge in [-0.1, -0.05) is 42.5 Å². The number of amides is 1. The van der Waals surface area contributed by atoms with Crippen molar-refractivity contribution in [3.8, 4) is 0 Å². The second kappa shape index (κ2) is 6.46. The van der Waals surface area contributed by atoms with Crippen LogP contribution in [0.2, 0.25) is 0 Å². The first-order chi connectivity index (χ1) is 10.3. The molecule has 110 valence electrons. The molecule has 1 amide bonds. The van der Waals surface area contributed by atoms with E-state index in [2.05, 4.69) is 18.2 Å². The van der Waals surface area contributed by atoms with E-state index in [0.717, 1.165) is 10.9 Å². The van der Waals surface area contributed by atoms with Crippen molar-refractivity contribution in [1.82, 2.24) is 4.90 Å². The molecule has 0 spiro atoms. The van der Waals surface area contributed by atoms with E-state index in [1.807, 2.05) is 29.2 Å². The lowest BCUT2D eigenvalue weighted by atomic mass is 10.0. The molecule has 3 nitrogen and oxygen atoms in total. The number of carbonyl (C=O) groups is 1. The van der Waals surface area contributed by atoms with Crippen LogP contribution in [0.25, 0.3) is 10.8 Å². The predicted octanol–water partition coefficient (Wildman–Crippen LogP) is 2.85. The Bertz CT molecular complexity index is 638. The standard InChI is InChI=1S/C17H18ClNO2/c18-11-15-12-19(8-9-21-15)17(20)10-14-6-3-5-13-4-1-2-7-16(13)14/h1-7,15H,8-12H2. The third kappa shape index (κ3) is 3.20. The number of rotatable bonds is 3. The molecule has 1 aliphatic heterocycles. The molecule has 0 N–H and O–H groups in total. The van der Waals surface area contributed by atoms with Crippen LogP contribution in [0.4, 0.5) is 0 Å². The van der Waals surface area contributed by atoms with Crippen molar-refractivity contribution in [2.24, 2.45) is 0 Å². The van der Waals surface area contributed by atoms with Gasteiger partial charge in [0.05, 0.1) is 25.0 Å². The predicted molar refractivity (Wildman–Crippen MR) is 84.7 cm³/mol. The summed E-state index contributed by atoms with van der Waals surface area (Å²) in [5.74, 6) is 0.572. The Hall–Kier alpha value is -1.58. The maximum atomic E-state index is 12.5. The summed E-state index contributed by atoms with van der Waals surface area (Å²) in [6.07, 6.45) is 0.382. The molecule has 0 radical (unpaired) electrons. The van der Waals surface area contributed by atoms with Crippen molar-refractivity contribution in [3.63, 3.8) is 0 Å². The minimum absolute atomic E-state index is 0.0446. The van der Waals surface area contributed by atoms with Gasteiger partial charge in [-0.05, 0) is 16.3 Å². The van der Waals surface area contributed by atoms with Crippen LogP contribution in [0.3, 0.4) is 0 Å². The first-order valence-electron chi connectivity index (χ1n) is 7.20. The summed E-state index contributed by atoms with van der Waals surface area (Å²) >= 11 is 5.83. The molecular weight excluding hydrogens is 286 g/mol. The van der Waals surface area contributed by atoms with Crippen LogP contribution in [0.5, 0.6) is 0 Å². The number of hydrogen-bond acceptors (Lipinski definition) is 2. The van der Waals surface area contributed by atoms with E-state index in [0.29, 0.717) is 32.0 Å². The lowest BCUT2D eigenvalue weighted by molar-refractivity contribution is -0.137. The Morgan fingerprint density at radius 2 is 2.05 bits per heavy atom. The molecule has 4 heteroatoms. The number of halogens is 1. The van der Waals surface area contributed by atoms with Gasteiger partial charge in [-0.2, -0.15) is 0 Å². The fourth-order valence-corrected chi connectivity index (χ4v) is 2.95. The monoisotopic (exact) mass is 303 g/mol. The number of fused-ring (bicyclic) bond motifs is 1. The number of alkyl halides is 1. The molecule has 3 rings (SSSR count). The lowest BCUT2D eigenvalue weighted by Gasteiger charge is -2.32. The first kappa shape index (κ1) is 14.4. The van der Waals surface area contributed by atoms with E-state index >= 15 is 0 Å². The molecule has 1 fully saturated rings. The molecule has 21 heavy (non-hydrogen) atoms. The fourth-order valence-electron chi connectivity index (χ4n) is 2.76. The van der Waals surface area contributed by atoms with Crippen molar-refractivity contribution < 1.29 is 9.53 Å². The second-order valence-electron chi connectivity index (χ2n) is 5.30. The van der Waals surface area contributed by atoms with Gasteiger partial charge in [-0.3, -0.25) is 4.79 Å². The minimum atomic E-state index is -0.0446. The highest BCUT2D eigenvalue weighted by atomic mass is 35.5. The van der Waals surface area contributed by atoms with Gasteiger partial charge in [0, 0.05) is 13.1 Å². The van der Waals surface area contributed by atoms with Crippen LogP contribution < -0.4 is 0 Å². The van der Waals surface area contributed by atoms with Gasteiger partial charge in [0.2, 0.25) is 5.91 Å². The molecule has 1 atom stereocenters. The van der Waals surface area contributed by atoms with Crippen LogP contribution in [0.1, 0.15) is 5.56 Å². The lowest BCUT2D eigenvalue weighted by Crippen LogP contribution is -2.46. The van der Waals surface area contributed by atoms with E-state index in [-0.39, 0.29) is 12.0 Å². The molecule has 2 aromatic rings. The molecule has 1 heterocycles. The van der Waals surface area contributed by atoms with Crippen molar-refractivity contribution in [3.05, 3.63) is 48.0 Å². The van der Waals surface area contributed by atoms with Crippen LogP contribution in [-0.2, 0) is 16.0 Å². The van der Waals surface area contributed by atoms with Gasteiger partial charge in [0.15, 0.2) is 0 Å². The zero-order valence-corrected chi connectivity index (χ0v) is 12.6. The Morgan fingerprint density at radius 3 is 2.90 bits per heavy atom. The number of ether oxygens (including phenoxy) is 1. The summed E-state index contributed by atoms with van der Waals surface area (Å²) < 4.78 is 5.50. The molecule has 0 aromatic heterocycles. The van der Waals surface area contributed by atoms with Crippen molar-refractivity contribution in [1.29, 1.82) is 0 Å². The molecule has 2 aromatic carbocycles. The van der Waals surface area contributed by atoms with Gasteiger partial charge in [0.25, 0.3) is 0 Å². The van der Waals surface area contributed by atoms with Gasteiger partial charge in [-0.15, -0.1) is 11.6 Å². The minimum Gasteiger partial charge on any atom is -0.373 e. The maximum absolute atomic E-state index is 12.5. The normalized spacial score (nSPS) is 18.9. The first-order valence-corrected chi connectivity index (χ1v) is 7.73. The smallest absolute Gasteiger partial charge is 0.227 e. The largest absolute Gasteiger partial charge is 0.373 e. The van der Waals surface area contributed by atoms with E-state index in [4.69, 9.17) is 16.3 Å². The second-order valence-corrected chi connectivity index (χ2v) is 5.61. The number of carbonyl (C=O) groups excluding carboxylic acids is 1. The summed E-state index contributed by atoms with van der Waals surface area (Å²) in [5.41, 5.74) is 1.08. The van der Waals surface area contributed by atoms with Gasteiger partial charge in [0.1, 0.15) is 0 Å². The highest BCUT2D eigenvalue weighted by Crippen LogP contribution is 2.20. The third-order valence-electron chi connectivity index (χ3n) is 3.89. The van der Waals surface area contributed by atoms with E-state index in [9.17, 15) is 4.79 Å². The number of nitrogens with zero attached hydrogens (tertiary/aromatic N) is 1. The van der Waals surface area contributed by atoms with Crippen molar-refractivity contribution in [2.75, 3.05) is 25.6 Å². The molecule has 0 bridgehead atoms. The van der Waals surface area contributed by atoms with Crippen molar-refractivity contribution in [2.45, 2.75) is 12.5 Å². The van der Waals surface area contributed by atoms with Crippen LogP contribution in [-0.4, -0.2) is 42.5 Å². The summed E-state index contributed by atoms with van der Waals surface area (Å²) in [6, 6.07) is 14.3. The summed E-state index contributed by atoms with van der Waals surface area (Å²) in [5, 5.41) is 2.32. The Labute approximate surface area is 129 Å². The van der Waals surface area contributed by atoms with Gasteiger partial charge in [-0.25, -0.2) is 0 Å². The molecule has 1 saturated heterocycles. The zero-order valence-electron chi connectivity index (χ0n) is 11.8. The summed E-state index contributed by atoms with van der Waals surface area (Å²) in [6.45, 7) is 1.81. The third-order valence-corrected chi connectivity index (χ3v) is 4.23. The highest BCUT2D eigenvalue weighted by Gasteiger charge is 2.23. The van der Waals surface area contributed by atoms with Gasteiger partial charge >= 0.3 is 0 Å². The summed E-state index contributed by atoms with van der Waals surface area (Å²) in [4.78, 5) is 14.4. The van der Waals surface area contributed by atoms with Crippen LogP contribution in [0.15, 0.2) is 42.5 Å². The fraction of sp³-hybridized carbons (Fsp3) is 0.353. The average molecular weight is 304 g/mol. The highest BCUT2D eigenvalue weighted by molar-refractivity contribution is 6.18. The Kier molecular flexibility index (Phi) is 4.42. The van der Waals surface area contributed by atoms with Gasteiger partial charge < -0.3 is 9.64 Å².